The van der Waals surface area contributed by atoms with Crippen molar-refractivity contribution in [1.82, 2.24) is 0 Å². The average Bonchev–Trinajstić information content (AvgIpc) is 2.56. The van der Waals surface area contributed by atoms with Gasteiger partial charge in [-0.05, 0) is 48.7 Å². The van der Waals surface area contributed by atoms with Crippen molar-refractivity contribution in [2.45, 2.75) is 20.3 Å². The number of carbonyl (C=O) groups is 2. The average molecular weight is 329 g/mol. The van der Waals surface area contributed by atoms with Crippen LogP contribution in [0.2, 0.25) is 0 Å². The van der Waals surface area contributed by atoms with Crippen molar-refractivity contribution in [3.63, 3.8) is 0 Å². The molecule has 0 radical (unpaired) electrons. The van der Waals surface area contributed by atoms with E-state index in [4.69, 9.17) is 9.84 Å². The van der Waals surface area contributed by atoms with Crippen LogP contribution in [0.15, 0.2) is 36.4 Å². The van der Waals surface area contributed by atoms with E-state index in [2.05, 4.69) is 5.32 Å². The number of amides is 1. The van der Waals surface area contributed by atoms with E-state index in [1.165, 1.54) is 17.7 Å². The summed E-state index contributed by atoms with van der Waals surface area (Å²) in [7, 11) is 0. The largest absolute Gasteiger partial charge is 0.507 e. The van der Waals surface area contributed by atoms with Gasteiger partial charge in [0.05, 0.1) is 0 Å². The fraction of sp³-hybridized carbons (Fsp3) is 0.222. The minimum absolute atomic E-state index is 0.201. The Hall–Kier alpha value is -3.02. The Balaban J connectivity index is 2.00. The SMILES string of the molecule is CCc1ccc(OCC(=O)Nc2cc(C)c(O)c(C(=O)O)c2)cc1. The topological polar surface area (TPSA) is 95.9 Å². The molecule has 6 heteroatoms. The van der Waals surface area contributed by atoms with Gasteiger partial charge in [-0.25, -0.2) is 4.79 Å². The number of carboxylic acid groups (broad SMARTS) is 1. The summed E-state index contributed by atoms with van der Waals surface area (Å²) in [5, 5.41) is 21.3. The van der Waals surface area contributed by atoms with Crippen LogP contribution in [0.1, 0.15) is 28.4 Å². The van der Waals surface area contributed by atoms with E-state index in [1.807, 2.05) is 19.1 Å². The fourth-order valence-electron chi connectivity index (χ4n) is 2.18. The van der Waals surface area contributed by atoms with Gasteiger partial charge < -0.3 is 20.3 Å². The highest BCUT2D eigenvalue weighted by atomic mass is 16.5. The Bertz CT molecular complexity index is 753. The Morgan fingerprint density at radius 3 is 2.42 bits per heavy atom. The predicted molar refractivity (Wildman–Crippen MR) is 89.7 cm³/mol. The van der Waals surface area contributed by atoms with Gasteiger partial charge in [0.25, 0.3) is 5.91 Å². The molecule has 0 unspecified atom stereocenters. The van der Waals surface area contributed by atoms with Gasteiger partial charge in [-0.2, -0.15) is 0 Å². The maximum atomic E-state index is 11.9. The third kappa shape index (κ3) is 4.25. The highest BCUT2D eigenvalue weighted by Crippen LogP contribution is 2.26. The van der Waals surface area contributed by atoms with Crippen molar-refractivity contribution in [2.24, 2.45) is 0 Å². The number of aryl methyl sites for hydroxylation is 2. The molecule has 0 aliphatic rings. The van der Waals surface area contributed by atoms with Crippen LogP contribution >= 0.6 is 0 Å². The molecular formula is C18H19NO5. The van der Waals surface area contributed by atoms with E-state index in [9.17, 15) is 14.7 Å². The summed E-state index contributed by atoms with van der Waals surface area (Å²) in [6.07, 6.45) is 0.923. The minimum atomic E-state index is -1.26. The number of carboxylic acids is 1. The van der Waals surface area contributed by atoms with Crippen LogP contribution in [0.4, 0.5) is 5.69 Å². The summed E-state index contributed by atoms with van der Waals surface area (Å²) in [4.78, 5) is 23.0. The number of rotatable bonds is 6. The van der Waals surface area contributed by atoms with Crippen molar-refractivity contribution in [1.29, 1.82) is 0 Å². The molecule has 0 aromatic heterocycles. The number of carbonyl (C=O) groups excluding carboxylic acids is 1. The second-order valence-electron chi connectivity index (χ2n) is 5.33. The first-order chi connectivity index (χ1) is 11.4. The first-order valence-electron chi connectivity index (χ1n) is 7.49. The van der Waals surface area contributed by atoms with E-state index < -0.39 is 11.9 Å². The van der Waals surface area contributed by atoms with Crippen molar-refractivity contribution in [2.75, 3.05) is 11.9 Å². The molecule has 6 nitrogen and oxygen atoms in total. The lowest BCUT2D eigenvalue weighted by molar-refractivity contribution is -0.118. The normalized spacial score (nSPS) is 10.2. The number of hydrogen-bond donors (Lipinski definition) is 3. The molecule has 2 rings (SSSR count). The molecule has 0 heterocycles. The van der Waals surface area contributed by atoms with Crippen LogP contribution in [-0.2, 0) is 11.2 Å². The molecule has 24 heavy (non-hydrogen) atoms. The predicted octanol–water partition coefficient (Wildman–Crippen LogP) is 2.98. The van der Waals surface area contributed by atoms with Gasteiger partial charge >= 0.3 is 5.97 Å². The molecule has 0 saturated heterocycles. The monoisotopic (exact) mass is 329 g/mol. The number of phenols is 1. The van der Waals surface area contributed by atoms with Gasteiger partial charge in [-0.1, -0.05) is 19.1 Å². The quantitative estimate of drug-likeness (QED) is 0.708. The molecule has 1 amide bonds. The maximum Gasteiger partial charge on any atom is 0.339 e. The highest BCUT2D eigenvalue weighted by molar-refractivity contribution is 5.96. The van der Waals surface area contributed by atoms with E-state index in [-0.39, 0.29) is 23.6 Å². The van der Waals surface area contributed by atoms with Crippen LogP contribution in [0, 0.1) is 6.92 Å². The zero-order valence-electron chi connectivity index (χ0n) is 13.5. The van der Waals surface area contributed by atoms with Crippen LogP contribution in [0.5, 0.6) is 11.5 Å². The summed E-state index contributed by atoms with van der Waals surface area (Å²) >= 11 is 0. The number of aromatic hydroxyl groups is 1. The van der Waals surface area contributed by atoms with E-state index >= 15 is 0 Å². The summed E-state index contributed by atoms with van der Waals surface area (Å²) in [6.45, 7) is 3.41. The Kier molecular flexibility index (Phi) is 5.42. The first-order valence-corrected chi connectivity index (χ1v) is 7.49. The first kappa shape index (κ1) is 17.3. The van der Waals surface area contributed by atoms with Crippen molar-refractivity contribution < 1.29 is 24.5 Å². The zero-order valence-corrected chi connectivity index (χ0v) is 13.5. The maximum absolute atomic E-state index is 11.9. The second-order valence-corrected chi connectivity index (χ2v) is 5.33. The molecule has 3 N–H and O–H groups in total. The van der Waals surface area contributed by atoms with Crippen LogP contribution in [0.25, 0.3) is 0 Å². The molecule has 2 aromatic carbocycles. The number of hydrogen-bond acceptors (Lipinski definition) is 4. The number of ether oxygens (including phenoxy) is 1. The van der Waals surface area contributed by atoms with Gasteiger partial charge in [0.2, 0.25) is 0 Å². The molecule has 0 aliphatic carbocycles. The van der Waals surface area contributed by atoms with Gasteiger partial charge in [-0.3, -0.25) is 4.79 Å². The summed E-state index contributed by atoms with van der Waals surface area (Å²) < 4.78 is 5.39. The minimum Gasteiger partial charge on any atom is -0.507 e. The van der Waals surface area contributed by atoms with E-state index in [1.54, 1.807) is 19.1 Å². The molecule has 0 fully saturated rings. The Labute approximate surface area is 139 Å². The Morgan fingerprint density at radius 1 is 1.17 bits per heavy atom. The highest BCUT2D eigenvalue weighted by Gasteiger charge is 2.14. The molecule has 0 bridgehead atoms. The second kappa shape index (κ2) is 7.50. The molecule has 126 valence electrons. The van der Waals surface area contributed by atoms with Crippen LogP contribution in [0.3, 0.4) is 0 Å². The standard InChI is InChI=1S/C18H19NO5/c1-3-12-4-6-14(7-5-12)24-10-16(20)19-13-8-11(2)17(21)15(9-13)18(22)23/h4-9,21H,3,10H2,1-2H3,(H,19,20)(H,22,23). The smallest absolute Gasteiger partial charge is 0.339 e. The number of anilines is 1. The fourth-order valence-corrected chi connectivity index (χ4v) is 2.18. The number of nitrogens with one attached hydrogen (secondary N) is 1. The third-order valence-electron chi connectivity index (χ3n) is 3.52. The lowest BCUT2D eigenvalue weighted by Gasteiger charge is -2.11. The van der Waals surface area contributed by atoms with Crippen molar-refractivity contribution in [3.05, 3.63) is 53.1 Å². The summed E-state index contributed by atoms with van der Waals surface area (Å²) in [5.41, 5.74) is 1.56. The lowest BCUT2D eigenvalue weighted by Crippen LogP contribution is -2.20. The van der Waals surface area contributed by atoms with Crippen LogP contribution < -0.4 is 10.1 Å². The number of benzene rings is 2. The van der Waals surface area contributed by atoms with E-state index in [0.29, 0.717) is 11.3 Å². The van der Waals surface area contributed by atoms with Crippen molar-refractivity contribution in [3.8, 4) is 11.5 Å². The molecule has 0 atom stereocenters. The third-order valence-corrected chi connectivity index (χ3v) is 3.52. The Morgan fingerprint density at radius 2 is 1.83 bits per heavy atom. The van der Waals surface area contributed by atoms with Crippen molar-refractivity contribution >= 4 is 17.6 Å². The zero-order chi connectivity index (χ0) is 17.7. The van der Waals surface area contributed by atoms with E-state index in [0.717, 1.165) is 6.42 Å². The van der Waals surface area contributed by atoms with Gasteiger partial charge in [0, 0.05) is 5.69 Å². The van der Waals surface area contributed by atoms with Gasteiger partial charge in [0.15, 0.2) is 6.61 Å². The molecular weight excluding hydrogens is 310 g/mol. The van der Waals surface area contributed by atoms with Gasteiger partial charge in [-0.15, -0.1) is 0 Å². The van der Waals surface area contributed by atoms with Gasteiger partial charge in [0.1, 0.15) is 17.1 Å². The number of aromatic carboxylic acids is 1. The molecule has 0 spiro atoms. The van der Waals surface area contributed by atoms with Crippen LogP contribution in [-0.4, -0.2) is 28.7 Å². The lowest BCUT2D eigenvalue weighted by atomic mass is 10.1. The molecule has 0 saturated carbocycles. The summed E-state index contributed by atoms with van der Waals surface area (Å²) in [5.74, 6) is -1.42. The molecule has 2 aromatic rings. The molecule has 0 aliphatic heterocycles. The summed E-state index contributed by atoms with van der Waals surface area (Å²) in [6, 6.07) is 10.1.